The van der Waals surface area contributed by atoms with E-state index in [0.29, 0.717) is 6.61 Å². The van der Waals surface area contributed by atoms with Gasteiger partial charge < -0.3 is 34.5 Å². The van der Waals surface area contributed by atoms with Gasteiger partial charge in [-0.15, -0.1) is 0 Å². The van der Waals surface area contributed by atoms with Gasteiger partial charge in [-0.05, 0) is 24.6 Å². The Morgan fingerprint density at radius 1 is 1.19 bits per heavy atom. The summed E-state index contributed by atoms with van der Waals surface area (Å²) in [6, 6.07) is 5.98. The number of aliphatic carboxylic acids is 3. The number of carbonyl (C=O) groups excluding carboxylic acids is 1. The number of rotatable bonds is 3. The van der Waals surface area contributed by atoms with Gasteiger partial charge in [0.25, 0.3) is 0 Å². The van der Waals surface area contributed by atoms with Crippen molar-refractivity contribution >= 4 is 17.9 Å². The molecule has 2 heterocycles. The molecule has 27 heavy (non-hydrogen) atoms. The molecule has 0 aliphatic carbocycles. The van der Waals surface area contributed by atoms with Gasteiger partial charge in [-0.2, -0.15) is 0 Å². The molecule has 2 aliphatic heterocycles. The smallest absolute Gasteiger partial charge is 0.351 e. The molecule has 1 atom stereocenters. The number of carboxylic acid groups (broad SMARTS) is 3. The second-order valence-electron chi connectivity index (χ2n) is 6.66. The van der Waals surface area contributed by atoms with Gasteiger partial charge >= 0.3 is 11.9 Å². The fraction of sp³-hybridized carbons (Fsp3) is 0.500. The molecule has 0 saturated carbocycles. The Morgan fingerprint density at radius 2 is 1.81 bits per heavy atom. The molecule has 0 spiro atoms. The van der Waals surface area contributed by atoms with Crippen LogP contribution in [0.2, 0.25) is 0 Å². The van der Waals surface area contributed by atoms with E-state index >= 15 is 0 Å². The van der Waals surface area contributed by atoms with E-state index in [0.717, 1.165) is 49.5 Å². The average molecular weight is 381 g/mol. The first kappa shape index (κ1) is 20.5. The van der Waals surface area contributed by atoms with Crippen LogP contribution in [-0.2, 0) is 14.4 Å². The number of carbonyl (C=O) groups is 3. The summed E-state index contributed by atoms with van der Waals surface area (Å²) in [5.41, 5.74) is 1.16. The number of benzene rings is 1. The normalized spacial score (nSPS) is 23.5. The summed E-state index contributed by atoms with van der Waals surface area (Å²) in [4.78, 5) is 30.4. The van der Waals surface area contributed by atoms with E-state index in [4.69, 9.17) is 34.4 Å². The Labute approximate surface area is 156 Å². The van der Waals surface area contributed by atoms with Crippen LogP contribution in [-0.4, -0.2) is 60.5 Å². The summed E-state index contributed by atoms with van der Waals surface area (Å²) >= 11 is 0. The number of fused-ring (bicyclic) bond motifs is 1. The third kappa shape index (κ3) is 6.14. The molecular weight excluding hydrogens is 358 g/mol. The van der Waals surface area contributed by atoms with E-state index in [1.165, 1.54) is 4.90 Å². The van der Waals surface area contributed by atoms with Gasteiger partial charge in [0, 0.05) is 12.8 Å². The molecule has 1 saturated heterocycles. The zero-order valence-corrected chi connectivity index (χ0v) is 15.0. The second-order valence-corrected chi connectivity index (χ2v) is 6.66. The molecule has 0 amide bonds. The van der Waals surface area contributed by atoms with E-state index in [1.54, 1.807) is 0 Å². The van der Waals surface area contributed by atoms with Crippen LogP contribution in [0.4, 0.5) is 0 Å². The maximum absolute atomic E-state index is 11.0. The molecule has 1 aromatic rings. The van der Waals surface area contributed by atoms with E-state index in [-0.39, 0.29) is 12.0 Å². The van der Waals surface area contributed by atoms with Crippen LogP contribution in [0.15, 0.2) is 18.2 Å². The molecule has 0 bridgehead atoms. The molecule has 0 aromatic heterocycles. The number of carboxylic acids is 3. The third-order valence-corrected chi connectivity index (χ3v) is 4.55. The lowest BCUT2D eigenvalue weighted by atomic mass is 9.97. The van der Waals surface area contributed by atoms with Crippen molar-refractivity contribution in [2.45, 2.75) is 25.9 Å². The summed E-state index contributed by atoms with van der Waals surface area (Å²) in [6.45, 7) is 5.28. The highest BCUT2D eigenvalue weighted by atomic mass is 16.6. The van der Waals surface area contributed by atoms with Crippen LogP contribution in [0.1, 0.15) is 18.4 Å². The molecule has 1 fully saturated rings. The Hall–Kier alpha value is -2.81. The third-order valence-electron chi connectivity index (χ3n) is 4.55. The van der Waals surface area contributed by atoms with Gasteiger partial charge in [-0.1, -0.05) is 6.07 Å². The summed E-state index contributed by atoms with van der Waals surface area (Å²) in [5, 5.41) is 25.3. The zero-order chi connectivity index (χ0) is 20.0. The number of hydrogen-bond acceptors (Lipinski definition) is 6. The highest BCUT2D eigenvalue weighted by Crippen LogP contribution is 2.32. The Bertz CT molecular complexity index is 685. The lowest BCUT2D eigenvalue weighted by molar-refractivity contribution is -0.908. The van der Waals surface area contributed by atoms with E-state index < -0.39 is 17.9 Å². The number of ether oxygens (including phenoxy) is 2. The van der Waals surface area contributed by atoms with Crippen LogP contribution in [0.5, 0.6) is 11.5 Å². The molecule has 1 unspecified atom stereocenters. The first-order valence-electron chi connectivity index (χ1n) is 8.67. The summed E-state index contributed by atoms with van der Waals surface area (Å²) in [6.07, 6.45) is 1.57. The van der Waals surface area contributed by atoms with Gasteiger partial charge in [-0.25, -0.2) is 4.79 Å². The Balaban J connectivity index is 0.000000380. The first-order valence-corrected chi connectivity index (χ1v) is 8.67. The first-order chi connectivity index (χ1) is 12.8. The summed E-state index contributed by atoms with van der Waals surface area (Å²) in [7, 11) is 0. The number of aryl methyl sites for hydroxylation is 1. The number of nitrogens with one attached hydrogen (secondary N) is 1. The topological polar surface area (TPSA) is 138 Å². The lowest BCUT2D eigenvalue weighted by Crippen LogP contribution is -3.14. The van der Waals surface area contributed by atoms with E-state index in [9.17, 15) is 4.79 Å². The average Bonchev–Trinajstić information content (AvgIpc) is 2.62. The molecule has 9 heteroatoms. The van der Waals surface area contributed by atoms with Crippen molar-refractivity contribution in [2.24, 2.45) is 5.92 Å². The molecule has 3 N–H and O–H groups in total. The van der Waals surface area contributed by atoms with Crippen molar-refractivity contribution in [3.63, 3.8) is 0 Å². The van der Waals surface area contributed by atoms with Gasteiger partial charge in [0.15, 0.2) is 23.6 Å². The van der Waals surface area contributed by atoms with Gasteiger partial charge in [0.1, 0.15) is 13.2 Å². The van der Waals surface area contributed by atoms with E-state index in [1.807, 2.05) is 25.1 Å². The van der Waals surface area contributed by atoms with Gasteiger partial charge in [0.05, 0.1) is 19.0 Å². The number of quaternary nitrogens is 1. The number of piperidine rings is 1. The summed E-state index contributed by atoms with van der Waals surface area (Å²) in [5.74, 6) is -3.19. The number of hydrogen-bond donors (Lipinski definition) is 3. The Morgan fingerprint density at radius 3 is 2.37 bits per heavy atom. The highest BCUT2D eigenvalue weighted by Gasteiger charge is 2.31. The minimum Gasteiger partial charge on any atom is -0.539 e. The minimum atomic E-state index is -2.07. The van der Waals surface area contributed by atoms with Crippen molar-refractivity contribution in [3.8, 4) is 11.5 Å². The molecule has 1 aromatic carbocycles. The van der Waals surface area contributed by atoms with Crippen LogP contribution >= 0.6 is 0 Å². The quantitative estimate of drug-likeness (QED) is 0.529. The second kappa shape index (κ2) is 9.22. The molecule has 148 valence electrons. The van der Waals surface area contributed by atoms with Crippen molar-refractivity contribution in [2.75, 3.05) is 26.2 Å². The van der Waals surface area contributed by atoms with Crippen molar-refractivity contribution in [1.82, 2.24) is 0 Å². The maximum atomic E-state index is 11.0. The zero-order valence-electron chi connectivity index (χ0n) is 15.0. The van der Waals surface area contributed by atoms with Crippen molar-refractivity contribution in [3.05, 3.63) is 23.8 Å². The molecule has 9 nitrogen and oxygen atoms in total. The predicted molar refractivity (Wildman–Crippen MR) is 89.7 cm³/mol. The standard InChI is InChI=1S/C16H21NO4.C2H2O4/c1-11-2-3-14-15(8-11)20-10-13(21-14)9-17-6-4-12(5-7-17)16(18)19;3-1(4)2(5)6/h2-3,8,12-13H,4-7,9-10H2,1H3,(H,18,19);(H,3,4)(H,5,6). The fourth-order valence-electron chi connectivity index (χ4n) is 3.12. The Kier molecular flexibility index (Phi) is 7.00. The van der Waals surface area contributed by atoms with Crippen LogP contribution in [0.3, 0.4) is 0 Å². The lowest BCUT2D eigenvalue weighted by Gasteiger charge is -2.32. The van der Waals surface area contributed by atoms with Gasteiger partial charge in [0.2, 0.25) is 0 Å². The SMILES string of the molecule is Cc1ccc2c(c1)OCC(C[NH+]1CCC(C(=O)O)CC1)O2.O=C([O-])C(=O)O. The maximum Gasteiger partial charge on any atom is 0.351 e. The largest absolute Gasteiger partial charge is 0.539 e. The molecular formula is C18H23NO8. The van der Waals surface area contributed by atoms with Crippen molar-refractivity contribution in [1.29, 1.82) is 0 Å². The van der Waals surface area contributed by atoms with Crippen molar-refractivity contribution < 1.29 is 44.1 Å². The van der Waals surface area contributed by atoms with Gasteiger partial charge in [-0.3, -0.25) is 4.79 Å². The fourth-order valence-corrected chi connectivity index (χ4v) is 3.12. The van der Waals surface area contributed by atoms with Crippen LogP contribution < -0.4 is 19.5 Å². The predicted octanol–water partition coefficient (Wildman–Crippen LogP) is -1.66. The molecule has 3 rings (SSSR count). The van der Waals surface area contributed by atoms with Crippen LogP contribution in [0.25, 0.3) is 0 Å². The highest BCUT2D eigenvalue weighted by molar-refractivity contribution is 6.26. The number of likely N-dealkylation sites (tertiary alicyclic amines) is 1. The van der Waals surface area contributed by atoms with Crippen LogP contribution in [0, 0.1) is 12.8 Å². The summed E-state index contributed by atoms with van der Waals surface area (Å²) < 4.78 is 11.8. The monoisotopic (exact) mass is 381 g/mol. The molecule has 0 radical (unpaired) electrons. The minimum absolute atomic E-state index is 0.0524. The molecule has 2 aliphatic rings. The van der Waals surface area contributed by atoms with E-state index in [2.05, 4.69) is 0 Å².